The Morgan fingerprint density at radius 3 is 2.41 bits per heavy atom. The largest absolute Gasteiger partial charge is 0.361 e. The molecule has 1 atom stereocenters. The van der Waals surface area contributed by atoms with Gasteiger partial charge in [0.2, 0.25) is 17.7 Å². The van der Waals surface area contributed by atoms with Gasteiger partial charge in [-0.15, -0.1) is 0 Å². The molecule has 0 saturated heterocycles. The van der Waals surface area contributed by atoms with Gasteiger partial charge in [0.1, 0.15) is 6.04 Å². The molecular formula is C25H28N4O3. The summed E-state index contributed by atoms with van der Waals surface area (Å²) in [5, 5.41) is 9.67. The van der Waals surface area contributed by atoms with Crippen LogP contribution in [-0.2, 0) is 20.8 Å². The number of fused-ring (bicyclic) bond motifs is 1. The summed E-state index contributed by atoms with van der Waals surface area (Å²) in [6.07, 6.45) is 4.08. The van der Waals surface area contributed by atoms with E-state index in [2.05, 4.69) is 20.9 Å². The summed E-state index contributed by atoms with van der Waals surface area (Å²) in [5.74, 6) is -0.630. The second-order valence-corrected chi connectivity index (χ2v) is 8.61. The average Bonchev–Trinajstić information content (AvgIpc) is 3.55. The Bertz CT molecular complexity index is 1150. The first kappa shape index (κ1) is 21.6. The van der Waals surface area contributed by atoms with Gasteiger partial charge in [-0.25, -0.2) is 0 Å². The molecule has 0 bridgehead atoms. The highest BCUT2D eigenvalue weighted by Crippen LogP contribution is 2.30. The number of carbonyl (C=O) groups excluding carboxylic acids is 3. The number of carbonyl (C=O) groups is 3. The van der Waals surface area contributed by atoms with Gasteiger partial charge in [0.25, 0.3) is 0 Å². The molecule has 1 aromatic heterocycles. The lowest BCUT2D eigenvalue weighted by molar-refractivity contribution is -0.128. The maximum Gasteiger partial charge on any atom is 0.247 e. The first-order valence-electron chi connectivity index (χ1n) is 11.0. The van der Waals surface area contributed by atoms with Crippen LogP contribution in [0.3, 0.4) is 0 Å². The number of para-hydroxylation sites is 1. The molecule has 1 aliphatic carbocycles. The van der Waals surface area contributed by atoms with Gasteiger partial charge in [0.05, 0.1) is 0 Å². The fourth-order valence-corrected chi connectivity index (χ4v) is 3.56. The predicted molar refractivity (Wildman–Crippen MR) is 125 cm³/mol. The van der Waals surface area contributed by atoms with Crippen LogP contribution in [0.1, 0.15) is 32.3 Å². The van der Waals surface area contributed by atoms with E-state index in [0.717, 1.165) is 29.3 Å². The van der Waals surface area contributed by atoms with Crippen molar-refractivity contribution in [3.8, 4) is 0 Å². The van der Waals surface area contributed by atoms with Crippen LogP contribution >= 0.6 is 0 Å². The van der Waals surface area contributed by atoms with Crippen molar-refractivity contribution in [2.24, 2.45) is 11.8 Å². The first-order chi connectivity index (χ1) is 15.4. The van der Waals surface area contributed by atoms with Gasteiger partial charge >= 0.3 is 0 Å². The van der Waals surface area contributed by atoms with Crippen molar-refractivity contribution in [2.75, 3.05) is 10.6 Å². The lowest BCUT2D eigenvalue weighted by Gasteiger charge is -2.20. The monoisotopic (exact) mass is 432 g/mol. The molecule has 1 saturated carbocycles. The van der Waals surface area contributed by atoms with Crippen LogP contribution < -0.4 is 16.0 Å². The van der Waals surface area contributed by atoms with Gasteiger partial charge in [-0.3, -0.25) is 14.4 Å². The Morgan fingerprint density at radius 2 is 1.69 bits per heavy atom. The normalized spacial score (nSPS) is 14.2. The summed E-state index contributed by atoms with van der Waals surface area (Å²) in [6.45, 7) is 3.59. The standard InChI is InChI=1S/C25H28N4O3/c1-15(2)23(30)29-22(12-17-14-26-21-9-4-3-8-20(17)21)25(32)28-19-7-5-6-18(13-19)27-24(31)16-10-11-16/h3-9,13-16,22,26H,10-12H2,1-2H3,(H,27,31)(H,28,32)(H,29,30). The highest BCUT2D eigenvalue weighted by molar-refractivity contribution is 5.99. The van der Waals surface area contributed by atoms with Crippen molar-refractivity contribution in [3.63, 3.8) is 0 Å². The Balaban J connectivity index is 1.50. The molecule has 2 aromatic carbocycles. The Hall–Kier alpha value is -3.61. The van der Waals surface area contributed by atoms with E-state index in [4.69, 9.17) is 0 Å². The zero-order valence-electron chi connectivity index (χ0n) is 18.3. The number of aromatic amines is 1. The number of rotatable bonds is 8. The Morgan fingerprint density at radius 1 is 0.969 bits per heavy atom. The van der Waals surface area contributed by atoms with Crippen LogP contribution in [0.15, 0.2) is 54.7 Å². The number of hydrogen-bond donors (Lipinski definition) is 4. The van der Waals surface area contributed by atoms with Crippen molar-refractivity contribution in [1.29, 1.82) is 0 Å². The van der Waals surface area contributed by atoms with Gasteiger partial charge < -0.3 is 20.9 Å². The summed E-state index contributed by atoms with van der Waals surface area (Å²) in [7, 11) is 0. The van der Waals surface area contributed by atoms with E-state index in [1.807, 2.05) is 30.5 Å². The van der Waals surface area contributed by atoms with E-state index in [9.17, 15) is 14.4 Å². The Kier molecular flexibility index (Phi) is 6.25. The molecule has 3 aromatic rings. The molecule has 7 heteroatoms. The van der Waals surface area contributed by atoms with E-state index in [1.165, 1.54) is 0 Å². The Labute approximate surface area is 187 Å². The molecule has 1 heterocycles. The predicted octanol–water partition coefficient (Wildman–Crippen LogP) is 3.84. The van der Waals surface area contributed by atoms with Crippen LogP contribution in [0.5, 0.6) is 0 Å². The molecule has 4 N–H and O–H groups in total. The van der Waals surface area contributed by atoms with Gasteiger partial charge in [0, 0.05) is 46.7 Å². The highest BCUT2D eigenvalue weighted by Gasteiger charge is 2.29. The average molecular weight is 433 g/mol. The van der Waals surface area contributed by atoms with Crippen molar-refractivity contribution < 1.29 is 14.4 Å². The van der Waals surface area contributed by atoms with Crippen molar-refractivity contribution in [3.05, 3.63) is 60.3 Å². The minimum atomic E-state index is -0.742. The topological polar surface area (TPSA) is 103 Å². The molecule has 7 nitrogen and oxygen atoms in total. The van der Waals surface area contributed by atoms with Crippen LogP contribution in [0.2, 0.25) is 0 Å². The fraction of sp³-hybridized carbons (Fsp3) is 0.320. The number of benzene rings is 2. The molecule has 1 aliphatic rings. The molecule has 0 aliphatic heterocycles. The molecule has 1 fully saturated rings. The number of amides is 3. The third-order valence-electron chi connectivity index (χ3n) is 5.60. The summed E-state index contributed by atoms with van der Waals surface area (Å²) < 4.78 is 0. The molecule has 1 unspecified atom stereocenters. The number of hydrogen-bond acceptors (Lipinski definition) is 3. The minimum absolute atomic E-state index is 0.00915. The first-order valence-corrected chi connectivity index (χ1v) is 11.0. The number of aromatic nitrogens is 1. The van der Waals surface area contributed by atoms with Gasteiger partial charge in [-0.2, -0.15) is 0 Å². The minimum Gasteiger partial charge on any atom is -0.361 e. The van der Waals surface area contributed by atoms with E-state index in [1.54, 1.807) is 38.1 Å². The molecule has 3 amide bonds. The van der Waals surface area contributed by atoms with E-state index in [0.29, 0.717) is 17.8 Å². The summed E-state index contributed by atoms with van der Waals surface area (Å²) in [4.78, 5) is 40.8. The summed E-state index contributed by atoms with van der Waals surface area (Å²) in [6, 6.07) is 14.2. The quantitative estimate of drug-likeness (QED) is 0.435. The zero-order chi connectivity index (χ0) is 22.7. The van der Waals surface area contributed by atoms with Crippen LogP contribution in [0.25, 0.3) is 10.9 Å². The lowest BCUT2D eigenvalue weighted by Crippen LogP contribution is -2.46. The molecule has 32 heavy (non-hydrogen) atoms. The van der Waals surface area contributed by atoms with Crippen molar-refractivity contribution in [2.45, 2.75) is 39.2 Å². The van der Waals surface area contributed by atoms with Gasteiger partial charge in [-0.05, 0) is 42.7 Å². The fourth-order valence-electron chi connectivity index (χ4n) is 3.56. The third-order valence-corrected chi connectivity index (χ3v) is 5.60. The molecule has 166 valence electrons. The SMILES string of the molecule is CC(C)C(=O)NC(Cc1c[nH]c2ccccc12)C(=O)Nc1cccc(NC(=O)C2CC2)c1. The molecule has 4 rings (SSSR count). The second kappa shape index (κ2) is 9.26. The van der Waals surface area contributed by atoms with Crippen molar-refractivity contribution in [1.82, 2.24) is 10.3 Å². The molecular weight excluding hydrogens is 404 g/mol. The number of nitrogens with one attached hydrogen (secondary N) is 4. The maximum atomic E-state index is 13.2. The maximum absolute atomic E-state index is 13.2. The second-order valence-electron chi connectivity index (χ2n) is 8.61. The zero-order valence-corrected chi connectivity index (χ0v) is 18.3. The summed E-state index contributed by atoms with van der Waals surface area (Å²) in [5.41, 5.74) is 3.14. The lowest BCUT2D eigenvalue weighted by atomic mass is 10.0. The van der Waals surface area contributed by atoms with Crippen LogP contribution in [-0.4, -0.2) is 28.7 Å². The van der Waals surface area contributed by atoms with Crippen LogP contribution in [0, 0.1) is 11.8 Å². The molecule has 0 spiro atoms. The van der Waals surface area contributed by atoms with Gasteiger partial charge in [-0.1, -0.05) is 38.1 Å². The van der Waals surface area contributed by atoms with Crippen molar-refractivity contribution >= 4 is 40.0 Å². The van der Waals surface area contributed by atoms with E-state index >= 15 is 0 Å². The number of anilines is 2. The smallest absolute Gasteiger partial charge is 0.247 e. The summed E-state index contributed by atoms with van der Waals surface area (Å²) >= 11 is 0. The van der Waals surface area contributed by atoms with Crippen LogP contribution in [0.4, 0.5) is 11.4 Å². The molecule has 0 radical (unpaired) electrons. The van der Waals surface area contributed by atoms with Gasteiger partial charge in [0.15, 0.2) is 0 Å². The van der Waals surface area contributed by atoms with E-state index < -0.39 is 6.04 Å². The third kappa shape index (κ3) is 5.17. The highest BCUT2D eigenvalue weighted by atomic mass is 16.2. The number of H-pyrrole nitrogens is 1. The van der Waals surface area contributed by atoms with E-state index in [-0.39, 0.29) is 29.6 Å².